The molecular formula is C16H17ClN2. The van der Waals surface area contributed by atoms with Gasteiger partial charge in [0, 0.05) is 30.2 Å². The highest BCUT2D eigenvalue weighted by atomic mass is 35.5. The van der Waals surface area contributed by atoms with Gasteiger partial charge >= 0.3 is 0 Å². The number of aromatic nitrogens is 1. The number of likely N-dealkylation sites (N-methyl/N-ethyl adjacent to an activating group) is 1. The largest absolute Gasteiger partial charge is 0.344 e. The van der Waals surface area contributed by atoms with Crippen LogP contribution < -0.4 is 0 Å². The second kappa shape index (κ2) is 3.87. The molecule has 1 aromatic heterocycles. The molecule has 0 bridgehead atoms. The van der Waals surface area contributed by atoms with Gasteiger partial charge in [0.05, 0.1) is 16.6 Å². The van der Waals surface area contributed by atoms with E-state index in [-0.39, 0.29) is 0 Å². The van der Waals surface area contributed by atoms with Crippen molar-refractivity contribution < 1.29 is 0 Å². The molecule has 2 nitrogen and oxygen atoms in total. The molecule has 0 spiro atoms. The fraction of sp³-hybridized carbons (Fsp3) is 0.375. The Morgan fingerprint density at radius 1 is 1.26 bits per heavy atom. The number of hydrogen-bond acceptors (Lipinski definition) is 1. The van der Waals surface area contributed by atoms with E-state index in [0.29, 0.717) is 12.0 Å². The van der Waals surface area contributed by atoms with E-state index < -0.39 is 0 Å². The molecule has 0 saturated heterocycles. The van der Waals surface area contributed by atoms with E-state index in [9.17, 15) is 0 Å². The minimum absolute atomic E-state index is 0.484. The fourth-order valence-corrected chi connectivity index (χ4v) is 3.95. The Labute approximate surface area is 118 Å². The molecule has 0 aliphatic carbocycles. The Kier molecular flexibility index (Phi) is 2.36. The third kappa shape index (κ3) is 1.53. The van der Waals surface area contributed by atoms with Crippen LogP contribution in [-0.2, 0) is 6.54 Å². The van der Waals surface area contributed by atoms with Gasteiger partial charge in [0.15, 0.2) is 0 Å². The van der Waals surface area contributed by atoms with Crippen LogP contribution in [0, 0.1) is 5.92 Å². The van der Waals surface area contributed by atoms with Crippen LogP contribution in [-0.4, -0.2) is 29.1 Å². The molecule has 0 fully saturated rings. The first kappa shape index (κ1) is 11.6. The zero-order valence-electron chi connectivity index (χ0n) is 11.2. The third-order valence-corrected chi connectivity index (χ3v) is 4.76. The molecule has 1 aromatic carbocycles. The van der Waals surface area contributed by atoms with Gasteiger partial charge in [0.2, 0.25) is 0 Å². The molecule has 2 atom stereocenters. The van der Waals surface area contributed by atoms with Crippen LogP contribution in [0.2, 0.25) is 5.02 Å². The Balaban J connectivity index is 2.04. The predicted molar refractivity (Wildman–Crippen MR) is 80.5 cm³/mol. The maximum Gasteiger partial charge on any atom is 0.0661 e. The summed E-state index contributed by atoms with van der Waals surface area (Å²) in [6.45, 7) is 4.43. The molecule has 19 heavy (non-hydrogen) atoms. The Bertz CT molecular complexity index is 698. The summed E-state index contributed by atoms with van der Waals surface area (Å²) in [6.07, 6.45) is 4.53. The summed E-state index contributed by atoms with van der Waals surface area (Å²) in [5.74, 6) is 0.614. The molecule has 2 aliphatic rings. The van der Waals surface area contributed by atoms with Crippen molar-refractivity contribution in [2.24, 2.45) is 5.92 Å². The molecule has 2 aliphatic heterocycles. The molecule has 3 heterocycles. The molecule has 0 N–H and O–H groups in total. The van der Waals surface area contributed by atoms with E-state index in [0.717, 1.165) is 18.1 Å². The quantitative estimate of drug-likeness (QED) is 0.711. The fourth-order valence-electron chi connectivity index (χ4n) is 3.68. The number of halogens is 1. The third-order valence-electron chi connectivity index (χ3n) is 4.46. The SMILES string of the molecule is C[C@@H]1C=C2c3cccc4c(Cl)cn(c34)C[C@H]2N(C)C1. The number of hydrogen-bond donors (Lipinski definition) is 0. The minimum Gasteiger partial charge on any atom is -0.344 e. The molecule has 0 radical (unpaired) electrons. The summed E-state index contributed by atoms with van der Waals surface area (Å²) in [5.41, 5.74) is 4.14. The molecule has 0 unspecified atom stereocenters. The Morgan fingerprint density at radius 2 is 2.11 bits per heavy atom. The second-order valence-electron chi connectivity index (χ2n) is 5.89. The van der Waals surface area contributed by atoms with Crippen molar-refractivity contribution in [3.05, 3.63) is 41.1 Å². The molecular weight excluding hydrogens is 256 g/mol. The highest BCUT2D eigenvalue weighted by Gasteiger charge is 2.32. The van der Waals surface area contributed by atoms with E-state index in [1.54, 1.807) is 0 Å². The van der Waals surface area contributed by atoms with Crippen molar-refractivity contribution in [3.63, 3.8) is 0 Å². The van der Waals surface area contributed by atoms with Crippen molar-refractivity contribution in [3.8, 4) is 0 Å². The topological polar surface area (TPSA) is 8.17 Å². The van der Waals surface area contributed by atoms with E-state index in [1.807, 2.05) is 0 Å². The van der Waals surface area contributed by atoms with Crippen LogP contribution in [0.25, 0.3) is 16.5 Å². The van der Waals surface area contributed by atoms with Crippen LogP contribution in [0.3, 0.4) is 0 Å². The van der Waals surface area contributed by atoms with Gasteiger partial charge in [0.25, 0.3) is 0 Å². The zero-order chi connectivity index (χ0) is 13.1. The Hall–Kier alpha value is -1.25. The lowest BCUT2D eigenvalue weighted by Crippen LogP contribution is -2.43. The van der Waals surface area contributed by atoms with E-state index in [1.165, 1.54) is 22.0 Å². The van der Waals surface area contributed by atoms with Crippen LogP contribution >= 0.6 is 11.6 Å². The van der Waals surface area contributed by atoms with Gasteiger partial charge in [0.1, 0.15) is 0 Å². The summed E-state index contributed by atoms with van der Waals surface area (Å²) in [7, 11) is 2.23. The first-order chi connectivity index (χ1) is 9.15. The number of benzene rings is 1. The normalized spacial score (nSPS) is 26.4. The smallest absolute Gasteiger partial charge is 0.0661 e. The zero-order valence-corrected chi connectivity index (χ0v) is 12.0. The maximum absolute atomic E-state index is 6.36. The van der Waals surface area contributed by atoms with Gasteiger partial charge in [-0.15, -0.1) is 0 Å². The van der Waals surface area contributed by atoms with Crippen LogP contribution in [0.5, 0.6) is 0 Å². The molecule has 98 valence electrons. The van der Waals surface area contributed by atoms with E-state index >= 15 is 0 Å². The van der Waals surface area contributed by atoms with Gasteiger partial charge in [-0.3, -0.25) is 4.90 Å². The summed E-state index contributed by atoms with van der Waals surface area (Å²) in [6, 6.07) is 6.96. The lowest BCUT2D eigenvalue weighted by molar-refractivity contribution is 0.234. The first-order valence-corrected chi connectivity index (χ1v) is 7.22. The molecule has 2 aromatic rings. The Morgan fingerprint density at radius 3 is 2.95 bits per heavy atom. The predicted octanol–water partition coefficient (Wildman–Crippen LogP) is 3.64. The van der Waals surface area contributed by atoms with Gasteiger partial charge < -0.3 is 4.57 Å². The van der Waals surface area contributed by atoms with Crippen molar-refractivity contribution in [2.75, 3.05) is 13.6 Å². The number of rotatable bonds is 0. The summed E-state index contributed by atoms with van der Waals surface area (Å²) < 4.78 is 2.32. The van der Waals surface area contributed by atoms with Gasteiger partial charge in [-0.05, 0) is 18.5 Å². The van der Waals surface area contributed by atoms with Crippen LogP contribution in [0.15, 0.2) is 30.5 Å². The van der Waals surface area contributed by atoms with Crippen molar-refractivity contribution in [1.29, 1.82) is 0 Å². The average molecular weight is 273 g/mol. The summed E-state index contributed by atoms with van der Waals surface area (Å²) in [4.78, 5) is 2.47. The summed E-state index contributed by atoms with van der Waals surface area (Å²) >= 11 is 6.36. The molecule has 0 amide bonds. The van der Waals surface area contributed by atoms with E-state index in [2.05, 4.69) is 53.9 Å². The molecule has 3 heteroatoms. The lowest BCUT2D eigenvalue weighted by Gasteiger charge is -2.39. The van der Waals surface area contributed by atoms with Crippen molar-refractivity contribution in [1.82, 2.24) is 9.47 Å². The van der Waals surface area contributed by atoms with E-state index in [4.69, 9.17) is 11.6 Å². The minimum atomic E-state index is 0.484. The first-order valence-electron chi connectivity index (χ1n) is 6.85. The molecule has 4 rings (SSSR count). The standard InChI is InChI=1S/C16H17ClN2/c1-10-6-13-11-4-3-5-12-14(17)8-19(16(11)12)9-15(13)18(2)7-10/h3-6,8,10,15H,7,9H2,1-2H3/t10-,15-/m1/s1. The maximum atomic E-state index is 6.36. The van der Waals surface area contributed by atoms with Gasteiger partial charge in [-0.1, -0.05) is 42.8 Å². The van der Waals surface area contributed by atoms with Crippen LogP contribution in [0.4, 0.5) is 0 Å². The molecule has 0 saturated carbocycles. The number of fused-ring (bicyclic) bond motifs is 2. The number of para-hydroxylation sites is 1. The monoisotopic (exact) mass is 272 g/mol. The highest BCUT2D eigenvalue weighted by molar-refractivity contribution is 6.36. The highest BCUT2D eigenvalue weighted by Crippen LogP contribution is 2.40. The number of nitrogens with zero attached hydrogens (tertiary/aromatic N) is 2. The lowest BCUT2D eigenvalue weighted by atomic mass is 9.86. The van der Waals surface area contributed by atoms with Gasteiger partial charge in [-0.2, -0.15) is 0 Å². The van der Waals surface area contributed by atoms with Crippen LogP contribution in [0.1, 0.15) is 12.5 Å². The second-order valence-corrected chi connectivity index (χ2v) is 6.29. The van der Waals surface area contributed by atoms with Gasteiger partial charge in [-0.25, -0.2) is 0 Å². The average Bonchev–Trinajstić information content (AvgIpc) is 2.70. The van der Waals surface area contributed by atoms with Crippen molar-refractivity contribution >= 4 is 28.1 Å². The summed E-state index contributed by atoms with van der Waals surface area (Å²) in [5, 5.41) is 2.05. The van der Waals surface area contributed by atoms with Crippen molar-refractivity contribution in [2.45, 2.75) is 19.5 Å².